The molecule has 2 aliphatic rings. The van der Waals surface area contributed by atoms with Crippen molar-refractivity contribution >= 4 is 51.3 Å². The molecule has 0 spiro atoms. The maximum absolute atomic E-state index is 13.2. The van der Waals surface area contributed by atoms with Crippen LogP contribution in [0.5, 0.6) is 0 Å². The van der Waals surface area contributed by atoms with E-state index in [-0.39, 0.29) is 55.9 Å². The molecule has 1 aromatic carbocycles. The molecule has 2 aliphatic heterocycles. The number of imide groups is 1. The van der Waals surface area contributed by atoms with E-state index in [0.717, 1.165) is 23.5 Å². The second-order valence-corrected chi connectivity index (χ2v) is 16.4. The van der Waals surface area contributed by atoms with E-state index in [1.165, 1.54) is 23.5 Å². The van der Waals surface area contributed by atoms with E-state index in [9.17, 15) is 27.6 Å². The van der Waals surface area contributed by atoms with Gasteiger partial charge in [-0.3, -0.25) is 24.1 Å². The smallest absolute Gasteiger partial charge is 0.254 e. The van der Waals surface area contributed by atoms with Gasteiger partial charge in [-0.15, -0.1) is 0 Å². The normalized spacial score (nSPS) is 13.8. The number of hydrogen-bond acceptors (Lipinski definition) is 18. The molecule has 0 fully saturated rings. The zero-order valence-electron chi connectivity index (χ0n) is 38.2. The summed E-state index contributed by atoms with van der Waals surface area (Å²) in [6, 6.07) is 4.58. The Morgan fingerprint density at radius 2 is 1.11 bits per heavy atom. The number of ether oxygens (including phenoxy) is 10. The number of hydrogen-bond donors (Lipinski definition) is 3. The molecule has 0 atom stereocenters. The van der Waals surface area contributed by atoms with Gasteiger partial charge in [0.25, 0.3) is 11.8 Å². The molecule has 23 heteroatoms. The number of sulfonamides is 1. The number of rotatable bonds is 40. The first-order chi connectivity index (χ1) is 32.0. The van der Waals surface area contributed by atoms with Crippen molar-refractivity contribution in [3.8, 4) is 0 Å². The summed E-state index contributed by atoms with van der Waals surface area (Å²) in [5.41, 5.74) is 7.51. The van der Waals surface area contributed by atoms with Gasteiger partial charge < -0.3 is 63.7 Å². The number of amides is 4. The average Bonchev–Trinajstić information content (AvgIpc) is 3.50. The highest BCUT2D eigenvalue weighted by atomic mass is 32.2. The lowest BCUT2D eigenvalue weighted by Gasteiger charge is -2.18. The molecule has 0 aliphatic carbocycles. The van der Waals surface area contributed by atoms with Crippen molar-refractivity contribution in [2.24, 2.45) is 10.7 Å². The molecular weight excluding hydrogens is 889 g/mol. The zero-order valence-corrected chi connectivity index (χ0v) is 39.0. The molecule has 22 nitrogen and oxygen atoms in total. The number of likely N-dealkylation sites (N-methyl/N-ethyl adjacent to an activating group) is 1. The highest BCUT2D eigenvalue weighted by molar-refractivity contribution is 7.89. The molecule has 372 valence electrons. The maximum atomic E-state index is 13.2. The SMILES string of the molecule is CCCNC(=O)C1=Cc2ccc(S(=O)(=O)N(C)CCOCCOCCOCCOCCOCCOCCOCCOCCOCCOCCNC(=O)CN3C(=O)C=CC3=O)cc2N=C(N)C1. The number of fused-ring (bicyclic) bond motifs is 1. The predicted octanol–water partition coefficient (Wildman–Crippen LogP) is -0.184. The van der Waals surface area contributed by atoms with Crippen LogP contribution in [-0.2, 0) is 76.6 Å². The van der Waals surface area contributed by atoms with Crippen molar-refractivity contribution in [3.63, 3.8) is 0 Å². The lowest BCUT2D eigenvalue weighted by molar-refractivity contribution is -0.141. The molecule has 0 radical (unpaired) electrons. The van der Waals surface area contributed by atoms with Gasteiger partial charge in [0.15, 0.2) is 0 Å². The zero-order chi connectivity index (χ0) is 47.7. The van der Waals surface area contributed by atoms with E-state index in [1.807, 2.05) is 6.92 Å². The summed E-state index contributed by atoms with van der Waals surface area (Å²) in [5, 5.41) is 5.42. The summed E-state index contributed by atoms with van der Waals surface area (Å²) >= 11 is 0. The maximum Gasteiger partial charge on any atom is 0.254 e. The summed E-state index contributed by atoms with van der Waals surface area (Å²) in [4.78, 5) is 52.5. The second-order valence-electron chi connectivity index (χ2n) is 14.3. The lowest BCUT2D eigenvalue weighted by Crippen LogP contribution is -2.41. The van der Waals surface area contributed by atoms with Gasteiger partial charge in [-0.05, 0) is 24.6 Å². The molecule has 0 saturated carbocycles. The minimum Gasteiger partial charge on any atom is -0.387 e. The van der Waals surface area contributed by atoms with E-state index in [0.29, 0.717) is 142 Å². The number of amidine groups is 1. The van der Waals surface area contributed by atoms with Crippen LogP contribution in [0.25, 0.3) is 6.08 Å². The fourth-order valence-electron chi connectivity index (χ4n) is 5.65. The summed E-state index contributed by atoms with van der Waals surface area (Å²) in [7, 11) is -2.35. The summed E-state index contributed by atoms with van der Waals surface area (Å²) in [6.45, 7) is 10.3. The number of nitrogens with one attached hydrogen (secondary N) is 2. The number of nitrogens with zero attached hydrogens (tertiary/aromatic N) is 3. The van der Waals surface area contributed by atoms with Crippen molar-refractivity contribution < 1.29 is 75.0 Å². The fourth-order valence-corrected chi connectivity index (χ4v) is 6.83. The van der Waals surface area contributed by atoms with Crippen LogP contribution in [0.2, 0.25) is 0 Å². The highest BCUT2D eigenvalue weighted by Gasteiger charge is 2.26. The molecule has 4 amide bonds. The van der Waals surface area contributed by atoms with Gasteiger partial charge >= 0.3 is 0 Å². The minimum atomic E-state index is -3.83. The van der Waals surface area contributed by atoms with Crippen LogP contribution in [0.3, 0.4) is 0 Å². The lowest BCUT2D eigenvalue weighted by atomic mass is 10.1. The second kappa shape index (κ2) is 34.1. The molecule has 0 unspecified atom stereocenters. The predicted molar refractivity (Wildman–Crippen MR) is 240 cm³/mol. The molecule has 2 heterocycles. The van der Waals surface area contributed by atoms with Gasteiger partial charge in [0.05, 0.1) is 143 Å². The molecule has 0 saturated heterocycles. The number of aliphatic imine (C=N–C) groups is 1. The number of nitrogens with two attached hydrogens (primary N) is 1. The van der Waals surface area contributed by atoms with Crippen LogP contribution in [0.4, 0.5) is 5.69 Å². The standard InChI is InChI=1S/C43H68N6O16S/c1-3-8-46-43(53)36-31-35-4-5-37(33-38(35)47-39(44)32-36)66(54,55)48(2)10-12-57-14-16-59-18-20-61-22-24-63-26-28-65-30-29-64-27-25-62-23-21-60-19-17-58-15-13-56-11-9-45-40(50)34-49-41(51)6-7-42(49)52/h4-7,31,33H,3,8-30,32,34H2,1-2H3,(H2,44,47)(H,45,50)(H,46,53). The molecule has 66 heavy (non-hydrogen) atoms. The van der Waals surface area contributed by atoms with E-state index in [2.05, 4.69) is 15.6 Å². The summed E-state index contributed by atoms with van der Waals surface area (Å²) < 4.78 is 82.5. The molecule has 4 N–H and O–H groups in total. The topological polar surface area (TPSA) is 264 Å². The number of benzene rings is 1. The summed E-state index contributed by atoms with van der Waals surface area (Å²) in [6.07, 6.45) is 4.92. The third kappa shape index (κ3) is 23.5. The van der Waals surface area contributed by atoms with Gasteiger partial charge in [0, 0.05) is 56.4 Å². The Hall–Kier alpha value is -4.24. The molecule has 3 rings (SSSR count). The number of carbonyl (C=O) groups is 4. The Morgan fingerprint density at radius 3 is 1.56 bits per heavy atom. The third-order valence-electron chi connectivity index (χ3n) is 9.17. The minimum absolute atomic E-state index is 0.0626. The fraction of sp³-hybridized carbons (Fsp3) is 0.651. The van der Waals surface area contributed by atoms with Crippen molar-refractivity contribution in [3.05, 3.63) is 41.5 Å². The Bertz CT molecular complexity index is 1800. The van der Waals surface area contributed by atoms with Crippen LogP contribution < -0.4 is 16.4 Å². The van der Waals surface area contributed by atoms with Crippen molar-refractivity contribution in [2.45, 2.75) is 24.7 Å². The van der Waals surface area contributed by atoms with Gasteiger partial charge in [-0.1, -0.05) is 13.0 Å². The average molecular weight is 957 g/mol. The van der Waals surface area contributed by atoms with Crippen LogP contribution in [0, 0.1) is 0 Å². The Labute approximate surface area is 387 Å². The quantitative estimate of drug-likeness (QED) is 0.0569. The molecular formula is C43H68N6O16S. The van der Waals surface area contributed by atoms with Crippen LogP contribution in [0.1, 0.15) is 25.3 Å². The van der Waals surface area contributed by atoms with E-state index in [1.54, 1.807) is 12.1 Å². The Kier molecular flexibility index (Phi) is 29.0. The first-order valence-electron chi connectivity index (χ1n) is 22.0. The van der Waals surface area contributed by atoms with Crippen molar-refractivity contribution in [1.29, 1.82) is 0 Å². The van der Waals surface area contributed by atoms with Gasteiger partial charge in [-0.2, -0.15) is 4.31 Å². The van der Waals surface area contributed by atoms with Crippen LogP contribution in [0.15, 0.2) is 45.8 Å². The Balaban J connectivity index is 1.01. The van der Waals surface area contributed by atoms with Gasteiger partial charge in [-0.25, -0.2) is 13.4 Å². The van der Waals surface area contributed by atoms with Crippen LogP contribution in [-0.4, -0.2) is 212 Å². The van der Waals surface area contributed by atoms with Crippen molar-refractivity contribution in [2.75, 3.05) is 165 Å². The van der Waals surface area contributed by atoms with Gasteiger partial charge in [0.1, 0.15) is 12.4 Å². The van der Waals surface area contributed by atoms with Gasteiger partial charge in [0.2, 0.25) is 21.8 Å². The highest BCUT2D eigenvalue weighted by Crippen LogP contribution is 2.30. The third-order valence-corrected chi connectivity index (χ3v) is 11.0. The monoisotopic (exact) mass is 956 g/mol. The first kappa shape index (κ1) is 56.1. The largest absolute Gasteiger partial charge is 0.387 e. The van der Waals surface area contributed by atoms with E-state index in [4.69, 9.17) is 53.1 Å². The van der Waals surface area contributed by atoms with E-state index >= 15 is 0 Å². The van der Waals surface area contributed by atoms with Crippen molar-refractivity contribution in [1.82, 2.24) is 19.8 Å². The first-order valence-corrected chi connectivity index (χ1v) is 23.5. The molecule has 0 bridgehead atoms. The molecule has 1 aromatic rings. The Morgan fingerprint density at radius 1 is 0.667 bits per heavy atom. The van der Waals surface area contributed by atoms with Crippen LogP contribution >= 0.6 is 0 Å². The van der Waals surface area contributed by atoms with E-state index < -0.39 is 27.7 Å². The number of carbonyl (C=O) groups excluding carboxylic acids is 4. The molecule has 0 aromatic heterocycles. The summed E-state index contributed by atoms with van der Waals surface area (Å²) in [5.74, 6) is -1.44.